The minimum atomic E-state index is -0.459. The highest BCUT2D eigenvalue weighted by molar-refractivity contribution is 7.94. The van der Waals surface area contributed by atoms with Crippen LogP contribution in [0, 0.1) is 0 Å². The van der Waals surface area contributed by atoms with Crippen LogP contribution in [0.2, 0.25) is 0 Å². The van der Waals surface area contributed by atoms with Crippen molar-refractivity contribution in [3.8, 4) is 0 Å². The van der Waals surface area contributed by atoms with Gasteiger partial charge in [-0.1, -0.05) is 0 Å². The van der Waals surface area contributed by atoms with Crippen LogP contribution in [0.25, 0.3) is 0 Å². The van der Waals surface area contributed by atoms with Gasteiger partial charge >= 0.3 is 5.97 Å². The first-order valence-corrected chi connectivity index (χ1v) is 4.89. The van der Waals surface area contributed by atoms with E-state index in [1.807, 2.05) is 0 Å². The molecule has 0 unspecified atom stereocenters. The summed E-state index contributed by atoms with van der Waals surface area (Å²) in [6.07, 6.45) is 0. The van der Waals surface area contributed by atoms with Crippen molar-refractivity contribution in [2.45, 2.75) is 0 Å². The number of hydrogen-bond donors (Lipinski definition) is 1. The van der Waals surface area contributed by atoms with E-state index in [0.717, 1.165) is 0 Å². The fourth-order valence-corrected chi connectivity index (χ4v) is 1.01. The van der Waals surface area contributed by atoms with Crippen molar-refractivity contribution in [2.24, 2.45) is 0 Å². The van der Waals surface area contributed by atoms with Gasteiger partial charge in [-0.2, -0.15) is 3.89 Å². The highest BCUT2D eigenvalue weighted by Crippen LogP contribution is 2.07. The third-order valence-corrected chi connectivity index (χ3v) is 1.86. The summed E-state index contributed by atoms with van der Waals surface area (Å²) in [6.45, 7) is 0.0738. The van der Waals surface area contributed by atoms with Crippen LogP contribution in [0.15, 0.2) is 24.3 Å². The van der Waals surface area contributed by atoms with Gasteiger partial charge < -0.3 is 10.5 Å². The molecule has 0 heterocycles. The highest BCUT2D eigenvalue weighted by atomic mass is 32.2. The molecule has 0 atom stereocenters. The molecule has 0 aliphatic carbocycles. The van der Waals surface area contributed by atoms with Gasteiger partial charge in [-0.15, -0.1) is 0 Å². The van der Waals surface area contributed by atoms with E-state index in [9.17, 15) is 8.68 Å². The zero-order chi connectivity index (χ0) is 10.4. The lowest BCUT2D eigenvalue weighted by atomic mass is 10.2. The summed E-state index contributed by atoms with van der Waals surface area (Å²) in [4.78, 5) is 11.2. The molecule has 0 radical (unpaired) electrons. The number of carbonyl (C=O) groups is 1. The van der Waals surface area contributed by atoms with Crippen LogP contribution in [0.1, 0.15) is 10.4 Å². The smallest absolute Gasteiger partial charge is 0.338 e. The van der Waals surface area contributed by atoms with E-state index in [2.05, 4.69) is 0 Å². The van der Waals surface area contributed by atoms with Crippen LogP contribution in [0.4, 0.5) is 9.57 Å². The van der Waals surface area contributed by atoms with Crippen LogP contribution < -0.4 is 5.73 Å². The number of benzene rings is 1. The SMILES string of the molecule is Nc1ccc(C(=O)OCCSF)cc1. The van der Waals surface area contributed by atoms with Crippen LogP contribution >= 0.6 is 12.1 Å². The average molecular weight is 215 g/mol. The second-order valence-corrected chi connectivity index (χ2v) is 3.20. The standard InChI is InChI=1S/C9H10FNO2S/c10-14-6-5-13-9(12)7-1-3-8(11)4-2-7/h1-4H,5-6,11H2. The van der Waals surface area contributed by atoms with Crippen molar-refractivity contribution in [1.82, 2.24) is 0 Å². The Morgan fingerprint density at radius 2 is 2.07 bits per heavy atom. The Balaban J connectivity index is 2.48. The van der Waals surface area contributed by atoms with E-state index in [1.54, 1.807) is 24.3 Å². The number of rotatable bonds is 4. The molecular weight excluding hydrogens is 205 g/mol. The van der Waals surface area contributed by atoms with Gasteiger partial charge in [0.25, 0.3) is 0 Å². The van der Waals surface area contributed by atoms with E-state index < -0.39 is 5.97 Å². The van der Waals surface area contributed by atoms with Crippen LogP contribution in [0.5, 0.6) is 0 Å². The third kappa shape index (κ3) is 3.26. The maximum absolute atomic E-state index is 11.6. The van der Waals surface area contributed by atoms with Crippen molar-refractivity contribution in [1.29, 1.82) is 0 Å². The molecule has 0 aliphatic rings. The Bertz CT molecular complexity index is 302. The summed E-state index contributed by atoms with van der Waals surface area (Å²) in [6, 6.07) is 6.36. The van der Waals surface area contributed by atoms with Gasteiger partial charge in [0.15, 0.2) is 0 Å². The van der Waals surface area contributed by atoms with Gasteiger partial charge in [0.1, 0.15) is 6.61 Å². The molecule has 0 amide bonds. The molecule has 0 aromatic heterocycles. The minimum absolute atomic E-state index is 0.0738. The molecule has 1 rings (SSSR count). The topological polar surface area (TPSA) is 52.3 Å². The molecule has 3 nitrogen and oxygen atoms in total. The normalized spacial score (nSPS) is 9.79. The van der Waals surface area contributed by atoms with Crippen molar-refractivity contribution < 1.29 is 13.4 Å². The maximum atomic E-state index is 11.6. The molecule has 0 spiro atoms. The summed E-state index contributed by atoms with van der Waals surface area (Å²) in [5, 5.41) is 0. The second kappa shape index (κ2) is 5.49. The van der Waals surface area contributed by atoms with E-state index >= 15 is 0 Å². The first kappa shape index (κ1) is 10.8. The molecule has 14 heavy (non-hydrogen) atoms. The Morgan fingerprint density at radius 3 is 2.64 bits per heavy atom. The Hall–Kier alpha value is -1.23. The second-order valence-electron chi connectivity index (χ2n) is 2.57. The van der Waals surface area contributed by atoms with Crippen LogP contribution in [-0.4, -0.2) is 18.3 Å². The molecule has 0 saturated carbocycles. The van der Waals surface area contributed by atoms with Crippen molar-refractivity contribution in [2.75, 3.05) is 18.1 Å². The lowest BCUT2D eigenvalue weighted by Crippen LogP contribution is -2.07. The zero-order valence-electron chi connectivity index (χ0n) is 7.40. The highest BCUT2D eigenvalue weighted by Gasteiger charge is 2.05. The summed E-state index contributed by atoms with van der Waals surface area (Å²) >= 11 is 0.144. The summed E-state index contributed by atoms with van der Waals surface area (Å²) in [5.41, 5.74) is 6.45. The molecular formula is C9H10FNO2S. The van der Waals surface area contributed by atoms with E-state index in [4.69, 9.17) is 10.5 Å². The number of halogens is 1. The number of esters is 1. The largest absolute Gasteiger partial charge is 0.461 e. The maximum Gasteiger partial charge on any atom is 0.338 e. The van der Waals surface area contributed by atoms with Crippen molar-refractivity contribution in [3.05, 3.63) is 29.8 Å². The number of nitrogen functional groups attached to an aromatic ring is 1. The van der Waals surface area contributed by atoms with Gasteiger partial charge in [0, 0.05) is 17.8 Å². The molecule has 1 aromatic rings. The fraction of sp³-hybridized carbons (Fsp3) is 0.222. The molecule has 5 heteroatoms. The summed E-state index contributed by atoms with van der Waals surface area (Å²) in [7, 11) is 0. The van der Waals surface area contributed by atoms with Gasteiger partial charge in [-0.3, -0.25) is 0 Å². The fourth-order valence-electron chi connectivity index (χ4n) is 0.868. The Morgan fingerprint density at radius 1 is 1.43 bits per heavy atom. The van der Waals surface area contributed by atoms with Crippen molar-refractivity contribution in [3.63, 3.8) is 0 Å². The first-order chi connectivity index (χ1) is 6.74. The number of hydrogen-bond acceptors (Lipinski definition) is 4. The van der Waals surface area contributed by atoms with Gasteiger partial charge in [-0.25, -0.2) is 4.79 Å². The molecule has 0 bridgehead atoms. The molecule has 0 fully saturated rings. The lowest BCUT2D eigenvalue weighted by molar-refractivity contribution is 0.0530. The van der Waals surface area contributed by atoms with E-state index in [-0.39, 0.29) is 24.5 Å². The molecule has 0 aliphatic heterocycles. The van der Waals surface area contributed by atoms with Gasteiger partial charge in [-0.05, 0) is 24.3 Å². The third-order valence-electron chi connectivity index (χ3n) is 1.54. The van der Waals surface area contributed by atoms with Crippen molar-refractivity contribution >= 4 is 23.8 Å². The van der Waals surface area contributed by atoms with E-state index in [0.29, 0.717) is 11.3 Å². The van der Waals surface area contributed by atoms with Gasteiger partial charge in [0.05, 0.1) is 11.3 Å². The predicted octanol–water partition coefficient (Wildman–Crippen LogP) is 2.04. The molecule has 76 valence electrons. The number of nitrogens with two attached hydrogens (primary N) is 1. The lowest BCUT2D eigenvalue weighted by Gasteiger charge is -2.02. The monoisotopic (exact) mass is 215 g/mol. The number of ether oxygens (including phenoxy) is 1. The molecule has 2 N–H and O–H groups in total. The summed E-state index contributed by atoms with van der Waals surface area (Å²) in [5.74, 6) is -0.306. The Labute approximate surface area is 85.7 Å². The molecule has 0 saturated heterocycles. The first-order valence-electron chi connectivity index (χ1n) is 4.00. The van der Waals surface area contributed by atoms with Crippen LogP contribution in [0.3, 0.4) is 0 Å². The Kier molecular flexibility index (Phi) is 4.25. The molecule has 1 aromatic carbocycles. The zero-order valence-corrected chi connectivity index (χ0v) is 8.22. The summed E-state index contributed by atoms with van der Waals surface area (Å²) < 4.78 is 16.4. The number of carbonyl (C=O) groups excluding carboxylic acids is 1. The number of anilines is 1. The van der Waals surface area contributed by atoms with E-state index in [1.165, 1.54) is 0 Å². The predicted molar refractivity (Wildman–Crippen MR) is 54.7 cm³/mol. The van der Waals surface area contributed by atoms with Gasteiger partial charge in [0.2, 0.25) is 0 Å². The van der Waals surface area contributed by atoms with Crippen LogP contribution in [-0.2, 0) is 4.74 Å². The minimum Gasteiger partial charge on any atom is -0.461 e. The quantitative estimate of drug-likeness (QED) is 0.474. The average Bonchev–Trinajstić information content (AvgIpc) is 2.19.